The number of ether oxygens (including phenoxy) is 3. The maximum Gasteiger partial charge on any atom is 0.459 e. The minimum atomic E-state index is -4.19. The number of hydrogen-bond donors (Lipinski definition) is 3. The molecule has 1 saturated heterocycles. The number of rotatable bonds is 13. The fraction of sp³-hybridized carbons (Fsp3) is 0.385. The summed E-state index contributed by atoms with van der Waals surface area (Å²) >= 11 is 0. The van der Waals surface area contributed by atoms with Crippen molar-refractivity contribution in [2.24, 2.45) is 0 Å². The average molecular weight is 594 g/mol. The topological polar surface area (TPSA) is 184 Å². The molecule has 1 aromatic heterocycles. The van der Waals surface area contributed by atoms with Crippen molar-refractivity contribution in [3.05, 3.63) is 81.2 Å². The van der Waals surface area contributed by atoms with E-state index in [0.29, 0.717) is 0 Å². The number of aliphatic hydroxyl groups excluding tert-OH is 1. The third-order valence-corrected chi connectivity index (χ3v) is 7.34. The summed E-state index contributed by atoms with van der Waals surface area (Å²) in [5.74, 6) is -1.06. The second-order valence-electron chi connectivity index (χ2n) is 8.73. The molecule has 41 heavy (non-hydrogen) atoms. The van der Waals surface area contributed by atoms with Gasteiger partial charge >= 0.3 is 25.4 Å². The highest BCUT2D eigenvalue weighted by Crippen LogP contribution is 2.45. The number of H-pyrrole nitrogens is 1. The molecule has 0 aliphatic carbocycles. The summed E-state index contributed by atoms with van der Waals surface area (Å²) in [6, 6.07) is 7.05. The maximum atomic E-state index is 13.5. The van der Waals surface area contributed by atoms with Crippen LogP contribution >= 0.6 is 7.75 Å². The van der Waals surface area contributed by atoms with Crippen molar-refractivity contribution in [2.75, 3.05) is 20.3 Å². The van der Waals surface area contributed by atoms with Crippen LogP contribution in [0.25, 0.3) is 6.08 Å². The lowest BCUT2D eigenvalue weighted by Gasteiger charge is -2.24. The fourth-order valence-corrected chi connectivity index (χ4v) is 5.20. The van der Waals surface area contributed by atoms with Gasteiger partial charge in [0.05, 0.1) is 32.0 Å². The largest absolute Gasteiger partial charge is 0.468 e. The van der Waals surface area contributed by atoms with Crippen molar-refractivity contribution in [3.63, 3.8) is 0 Å². The number of methoxy groups -OCH3 is 1. The molecule has 1 fully saturated rings. The summed E-state index contributed by atoms with van der Waals surface area (Å²) in [5.41, 5.74) is -1.37. The van der Waals surface area contributed by atoms with Crippen LogP contribution in [0.1, 0.15) is 32.1 Å². The molecular weight excluding hydrogens is 561 g/mol. The lowest BCUT2D eigenvalue weighted by molar-refractivity contribution is -0.142. The molecule has 1 aliphatic heterocycles. The normalized spacial score (nSPS) is 21.0. The summed E-state index contributed by atoms with van der Waals surface area (Å²) in [6.45, 7) is 2.86. The summed E-state index contributed by atoms with van der Waals surface area (Å²) in [7, 11) is -3.02. The minimum absolute atomic E-state index is 0.0538. The second kappa shape index (κ2) is 14.7. The highest BCUT2D eigenvalue weighted by atomic mass is 31.2. The van der Waals surface area contributed by atoms with E-state index in [1.165, 1.54) is 44.5 Å². The molecule has 1 aliphatic rings. The van der Waals surface area contributed by atoms with Crippen molar-refractivity contribution < 1.29 is 42.5 Å². The number of hydrogen-bond acceptors (Lipinski definition) is 11. The number of esters is 2. The number of nitrogens with zero attached hydrogens (tertiary/aromatic N) is 1. The van der Waals surface area contributed by atoms with Crippen LogP contribution < -0.4 is 20.9 Å². The Kier molecular flexibility index (Phi) is 11.4. The van der Waals surface area contributed by atoms with Gasteiger partial charge < -0.3 is 23.8 Å². The van der Waals surface area contributed by atoms with Gasteiger partial charge in [0.15, 0.2) is 0 Å². The lowest BCUT2D eigenvalue weighted by atomic mass is 10.2. The molecule has 222 valence electrons. The fourth-order valence-electron chi connectivity index (χ4n) is 3.70. The van der Waals surface area contributed by atoms with Gasteiger partial charge in [-0.3, -0.25) is 23.7 Å². The number of para-hydroxylation sites is 1. The van der Waals surface area contributed by atoms with Crippen molar-refractivity contribution in [2.45, 2.75) is 44.7 Å². The number of aromatic nitrogens is 2. The van der Waals surface area contributed by atoms with Gasteiger partial charge in [0.2, 0.25) is 0 Å². The predicted octanol–water partition coefficient (Wildman–Crippen LogP) is 1.67. The molecule has 14 nitrogen and oxygen atoms in total. The van der Waals surface area contributed by atoms with Gasteiger partial charge in [0, 0.05) is 18.7 Å². The van der Waals surface area contributed by atoms with E-state index in [-0.39, 0.29) is 24.3 Å². The van der Waals surface area contributed by atoms with E-state index in [9.17, 15) is 28.8 Å². The van der Waals surface area contributed by atoms with E-state index >= 15 is 0 Å². The molecule has 15 heteroatoms. The Hall–Kier alpha value is -3.81. The molecule has 2 aromatic rings. The van der Waals surface area contributed by atoms with Gasteiger partial charge in [-0.15, -0.1) is 0 Å². The molecular formula is C26H32N3O11P. The Morgan fingerprint density at radius 3 is 2.68 bits per heavy atom. The molecule has 3 rings (SSSR count). The first kappa shape index (κ1) is 31.7. The van der Waals surface area contributed by atoms with Gasteiger partial charge in [-0.05, 0) is 32.1 Å². The third-order valence-electron chi connectivity index (χ3n) is 5.70. The van der Waals surface area contributed by atoms with Crippen LogP contribution in [-0.2, 0) is 32.9 Å². The SMILES string of the molecule is CCOC(=O)/C=C/C=C/c1cn([C@H]2C[C@H](O)[C@@H](COP(=O)(N[C@@H](C)C(=O)OC)Oc3ccccc3)O2)c(=O)[nH]c1=O. The second-order valence-corrected chi connectivity index (χ2v) is 10.4. The first-order chi connectivity index (χ1) is 19.5. The summed E-state index contributed by atoms with van der Waals surface area (Å²) in [4.78, 5) is 50.3. The van der Waals surface area contributed by atoms with Gasteiger partial charge in [0.25, 0.3) is 5.56 Å². The lowest BCUT2D eigenvalue weighted by Crippen LogP contribution is -2.36. The molecule has 0 radical (unpaired) electrons. The van der Waals surface area contributed by atoms with Crippen molar-refractivity contribution in [1.82, 2.24) is 14.6 Å². The number of benzene rings is 1. The zero-order valence-corrected chi connectivity index (χ0v) is 23.5. The number of aromatic amines is 1. The standard InChI is InChI=1S/C26H32N3O11P/c1-4-37-23(31)13-9-8-10-18-15-29(26(34)27-24(18)32)22-14-20(30)21(39-22)16-38-41(35,28-17(2)25(33)36-3)40-19-11-6-5-7-12-19/h5-13,15,17,20-22,30H,4,14,16H2,1-3H3,(H,28,35)(H,27,32,34)/b10-8+,13-9+/t17-,20-,21+,22+,41?/m0/s1. The first-order valence-corrected chi connectivity index (χ1v) is 14.1. The molecule has 0 amide bonds. The number of carbonyl (C=O) groups is 2. The van der Waals surface area contributed by atoms with E-state index in [1.54, 1.807) is 37.3 Å². The van der Waals surface area contributed by atoms with E-state index in [2.05, 4.69) is 14.8 Å². The molecule has 2 heterocycles. The molecule has 1 unspecified atom stereocenters. The van der Waals surface area contributed by atoms with Crippen LogP contribution in [0.4, 0.5) is 0 Å². The predicted molar refractivity (Wildman–Crippen MR) is 146 cm³/mol. The number of carbonyl (C=O) groups excluding carboxylic acids is 2. The number of nitrogens with one attached hydrogen (secondary N) is 2. The van der Waals surface area contributed by atoms with E-state index < -0.39 is 62.0 Å². The average Bonchev–Trinajstić information content (AvgIpc) is 3.31. The number of allylic oxidation sites excluding steroid dienone is 2. The maximum absolute atomic E-state index is 13.5. The van der Waals surface area contributed by atoms with Crippen LogP contribution in [0.15, 0.2) is 64.3 Å². The quantitative estimate of drug-likeness (QED) is 0.132. The third kappa shape index (κ3) is 9.10. The smallest absolute Gasteiger partial charge is 0.459 e. The van der Waals surface area contributed by atoms with E-state index in [4.69, 9.17) is 18.5 Å². The Morgan fingerprint density at radius 1 is 1.27 bits per heavy atom. The van der Waals surface area contributed by atoms with Crippen LogP contribution in [0.5, 0.6) is 5.75 Å². The molecule has 0 spiro atoms. The van der Waals surface area contributed by atoms with Gasteiger partial charge in [-0.1, -0.05) is 30.4 Å². The highest BCUT2D eigenvalue weighted by Gasteiger charge is 2.39. The monoisotopic (exact) mass is 593 g/mol. The molecule has 0 bridgehead atoms. The van der Waals surface area contributed by atoms with Crippen molar-refractivity contribution in [1.29, 1.82) is 0 Å². The van der Waals surface area contributed by atoms with Gasteiger partial charge in [-0.25, -0.2) is 14.2 Å². The Labute approximate surface area is 235 Å². The van der Waals surface area contributed by atoms with E-state index in [0.717, 1.165) is 4.57 Å². The van der Waals surface area contributed by atoms with Crippen LogP contribution in [0.2, 0.25) is 0 Å². The van der Waals surface area contributed by atoms with Crippen LogP contribution in [0, 0.1) is 0 Å². The first-order valence-electron chi connectivity index (χ1n) is 12.6. The van der Waals surface area contributed by atoms with Crippen LogP contribution in [0.3, 0.4) is 0 Å². The van der Waals surface area contributed by atoms with Gasteiger partial charge in [-0.2, -0.15) is 5.09 Å². The molecule has 0 saturated carbocycles. The Morgan fingerprint density at radius 2 is 2.00 bits per heavy atom. The molecule has 3 N–H and O–H groups in total. The Balaban J connectivity index is 1.73. The summed E-state index contributed by atoms with van der Waals surface area (Å²) < 4.78 is 40.9. The zero-order valence-electron chi connectivity index (χ0n) is 22.6. The van der Waals surface area contributed by atoms with Crippen LogP contribution in [-0.4, -0.2) is 65.2 Å². The van der Waals surface area contributed by atoms with Crippen molar-refractivity contribution >= 4 is 25.8 Å². The van der Waals surface area contributed by atoms with E-state index in [1.807, 2.05) is 0 Å². The molecule has 5 atom stereocenters. The van der Waals surface area contributed by atoms with Gasteiger partial charge in [0.1, 0.15) is 24.1 Å². The summed E-state index contributed by atoms with van der Waals surface area (Å²) in [6.07, 6.45) is 3.35. The highest BCUT2D eigenvalue weighted by molar-refractivity contribution is 7.52. The summed E-state index contributed by atoms with van der Waals surface area (Å²) in [5, 5.41) is 13.1. The minimum Gasteiger partial charge on any atom is -0.468 e. The zero-order chi connectivity index (χ0) is 30.0. The van der Waals surface area contributed by atoms with Crippen molar-refractivity contribution in [3.8, 4) is 5.75 Å². The Bertz CT molecular complexity index is 1420. The molecule has 1 aromatic carbocycles. The number of aliphatic hydroxyl groups is 1.